The molecule has 0 heterocycles. The van der Waals surface area contributed by atoms with E-state index in [0.717, 1.165) is 10.6 Å². The Labute approximate surface area is 90.1 Å². The van der Waals surface area contributed by atoms with Gasteiger partial charge < -0.3 is 4.72 Å². The van der Waals surface area contributed by atoms with E-state index in [1.165, 1.54) is 5.56 Å². The first-order chi connectivity index (χ1) is 6.76. The van der Waals surface area contributed by atoms with Crippen LogP contribution in [0.15, 0.2) is 47.9 Å². The molecule has 1 aromatic rings. The van der Waals surface area contributed by atoms with Gasteiger partial charge in [-0.15, -0.1) is 0 Å². The number of hydrogen-bond donors (Lipinski definition) is 1. The molecule has 0 saturated heterocycles. The van der Waals surface area contributed by atoms with Crippen LogP contribution in [-0.2, 0) is 0 Å². The van der Waals surface area contributed by atoms with E-state index in [1.54, 1.807) is 11.9 Å². The van der Waals surface area contributed by atoms with Crippen LogP contribution in [0.1, 0.15) is 12.5 Å². The molecule has 1 N–H and O–H groups in total. The Morgan fingerprint density at radius 2 is 2.00 bits per heavy atom. The number of benzene rings is 1. The van der Waals surface area contributed by atoms with Crippen LogP contribution in [-0.4, -0.2) is 0 Å². The second-order valence-electron chi connectivity index (χ2n) is 2.97. The van der Waals surface area contributed by atoms with E-state index < -0.39 is 0 Å². The molecule has 1 aromatic carbocycles. The van der Waals surface area contributed by atoms with Crippen LogP contribution in [0, 0.1) is 6.92 Å². The number of allylic oxidation sites excluding steroid dienone is 2. The number of hydrogen-bond acceptors (Lipinski definition) is 2. The molecule has 14 heavy (non-hydrogen) atoms. The van der Waals surface area contributed by atoms with E-state index >= 15 is 0 Å². The van der Waals surface area contributed by atoms with Crippen molar-refractivity contribution in [2.24, 2.45) is 0 Å². The minimum atomic E-state index is 1.11. The molecule has 0 amide bonds. The quantitative estimate of drug-likeness (QED) is 0.585. The van der Waals surface area contributed by atoms with Gasteiger partial charge in [0.2, 0.25) is 0 Å². The van der Waals surface area contributed by atoms with Crippen molar-refractivity contribution < 1.29 is 0 Å². The molecule has 1 rings (SSSR count). The smallest absolute Gasteiger partial charge is 0.0443 e. The van der Waals surface area contributed by atoms with Crippen LogP contribution in [0.3, 0.4) is 0 Å². The lowest BCUT2D eigenvalue weighted by Gasteiger charge is -2.05. The van der Waals surface area contributed by atoms with Crippen LogP contribution >= 0.6 is 11.9 Å². The van der Waals surface area contributed by atoms with E-state index in [1.807, 2.05) is 19.1 Å². The first-order valence-electron chi connectivity index (χ1n) is 4.54. The zero-order chi connectivity index (χ0) is 10.4. The Bertz CT molecular complexity index is 325. The van der Waals surface area contributed by atoms with E-state index in [9.17, 15) is 0 Å². The van der Waals surface area contributed by atoms with Crippen LogP contribution < -0.4 is 4.72 Å². The first kappa shape index (κ1) is 10.9. The Kier molecular flexibility index (Phi) is 4.33. The lowest BCUT2D eigenvalue weighted by atomic mass is 10.2. The van der Waals surface area contributed by atoms with Gasteiger partial charge in [-0.1, -0.05) is 36.4 Å². The van der Waals surface area contributed by atoms with Crippen molar-refractivity contribution in [3.8, 4) is 0 Å². The molecule has 2 heteroatoms. The molecule has 0 atom stereocenters. The van der Waals surface area contributed by atoms with Crippen LogP contribution in [0.4, 0.5) is 5.69 Å². The predicted octanol–water partition coefficient (Wildman–Crippen LogP) is 4.14. The van der Waals surface area contributed by atoms with Crippen LogP contribution in [0.5, 0.6) is 0 Å². The topological polar surface area (TPSA) is 12.0 Å². The lowest BCUT2D eigenvalue weighted by Crippen LogP contribution is -1.86. The van der Waals surface area contributed by atoms with Gasteiger partial charge in [0.1, 0.15) is 0 Å². The summed E-state index contributed by atoms with van der Waals surface area (Å²) in [6.07, 6.45) is 3.87. The highest BCUT2D eigenvalue weighted by Gasteiger charge is 1.93. The molecular weight excluding hydrogens is 190 g/mol. The zero-order valence-electron chi connectivity index (χ0n) is 8.58. The summed E-state index contributed by atoms with van der Waals surface area (Å²) in [6, 6.07) is 8.32. The molecule has 0 aromatic heterocycles. The molecule has 0 aliphatic heterocycles. The zero-order valence-corrected chi connectivity index (χ0v) is 9.40. The molecule has 0 saturated carbocycles. The monoisotopic (exact) mass is 205 g/mol. The van der Waals surface area contributed by atoms with Gasteiger partial charge in [0.25, 0.3) is 0 Å². The second-order valence-corrected chi connectivity index (χ2v) is 3.84. The molecule has 0 fully saturated rings. The van der Waals surface area contributed by atoms with Crippen molar-refractivity contribution in [1.82, 2.24) is 0 Å². The number of nitrogens with one attached hydrogen (secondary N) is 1. The van der Waals surface area contributed by atoms with Gasteiger partial charge in [-0.25, -0.2) is 0 Å². The van der Waals surface area contributed by atoms with Gasteiger partial charge in [-0.3, -0.25) is 0 Å². The van der Waals surface area contributed by atoms with Crippen molar-refractivity contribution >= 4 is 17.6 Å². The minimum Gasteiger partial charge on any atom is -0.326 e. The van der Waals surface area contributed by atoms with Crippen molar-refractivity contribution in [2.45, 2.75) is 13.8 Å². The summed E-state index contributed by atoms with van der Waals surface area (Å²) in [4.78, 5) is 1.13. The van der Waals surface area contributed by atoms with Gasteiger partial charge in [-0.05, 0) is 37.9 Å². The van der Waals surface area contributed by atoms with Gasteiger partial charge in [-0.2, -0.15) is 0 Å². The van der Waals surface area contributed by atoms with Crippen molar-refractivity contribution in [1.29, 1.82) is 0 Å². The minimum absolute atomic E-state index is 1.11. The van der Waals surface area contributed by atoms with Crippen molar-refractivity contribution in [3.05, 3.63) is 53.5 Å². The van der Waals surface area contributed by atoms with Gasteiger partial charge in [0.05, 0.1) is 0 Å². The van der Waals surface area contributed by atoms with E-state index in [-0.39, 0.29) is 0 Å². The summed E-state index contributed by atoms with van der Waals surface area (Å²) in [5, 5.41) is 0. The maximum Gasteiger partial charge on any atom is 0.0443 e. The Morgan fingerprint density at radius 1 is 1.36 bits per heavy atom. The summed E-state index contributed by atoms with van der Waals surface area (Å²) >= 11 is 1.57. The molecule has 0 aliphatic carbocycles. The number of anilines is 1. The van der Waals surface area contributed by atoms with E-state index in [0.29, 0.717) is 0 Å². The fraction of sp³-hybridized carbons (Fsp3) is 0.167. The Morgan fingerprint density at radius 3 is 2.50 bits per heavy atom. The molecule has 0 aliphatic rings. The van der Waals surface area contributed by atoms with Crippen molar-refractivity contribution in [2.75, 3.05) is 4.72 Å². The van der Waals surface area contributed by atoms with Crippen molar-refractivity contribution in [3.63, 3.8) is 0 Å². The maximum absolute atomic E-state index is 3.73. The SMILES string of the molecule is C=C/C(=C\C)SNc1ccc(C)cc1. The molecule has 0 unspecified atom stereocenters. The first-order valence-corrected chi connectivity index (χ1v) is 5.36. The van der Waals surface area contributed by atoms with Gasteiger partial charge >= 0.3 is 0 Å². The predicted molar refractivity (Wildman–Crippen MR) is 66.3 cm³/mol. The summed E-state index contributed by atoms with van der Waals surface area (Å²) in [7, 11) is 0. The second kappa shape index (κ2) is 5.55. The Balaban J connectivity index is 2.53. The largest absolute Gasteiger partial charge is 0.326 e. The summed E-state index contributed by atoms with van der Waals surface area (Å²) in [6.45, 7) is 7.81. The molecule has 1 nitrogen and oxygen atoms in total. The fourth-order valence-electron chi connectivity index (χ4n) is 0.958. The average Bonchev–Trinajstić information content (AvgIpc) is 2.22. The van der Waals surface area contributed by atoms with E-state index in [4.69, 9.17) is 0 Å². The Hall–Kier alpha value is -1.15. The third kappa shape index (κ3) is 3.30. The molecule has 0 radical (unpaired) electrons. The standard InChI is InChI=1S/C12H15NS/c1-4-12(5-2)14-13-11-8-6-10(3)7-9-11/h4-9,13H,1H2,2-3H3/b12-5+. The van der Waals surface area contributed by atoms with Gasteiger partial charge in [0.15, 0.2) is 0 Å². The van der Waals surface area contributed by atoms with Gasteiger partial charge in [0, 0.05) is 10.6 Å². The number of aryl methyl sites for hydroxylation is 1. The molecular formula is C12H15NS. The highest BCUT2D eigenvalue weighted by Crippen LogP contribution is 2.20. The molecule has 74 valence electrons. The summed E-state index contributed by atoms with van der Waals surface area (Å²) < 4.78 is 3.25. The fourth-order valence-corrected chi connectivity index (χ4v) is 1.53. The molecule has 0 bridgehead atoms. The molecule has 0 spiro atoms. The summed E-state index contributed by atoms with van der Waals surface area (Å²) in [5.41, 5.74) is 2.39. The summed E-state index contributed by atoms with van der Waals surface area (Å²) in [5.74, 6) is 0. The lowest BCUT2D eigenvalue weighted by molar-refractivity contribution is 1.47. The van der Waals surface area contributed by atoms with Crippen LogP contribution in [0.25, 0.3) is 0 Å². The normalized spacial score (nSPS) is 11.1. The third-order valence-electron chi connectivity index (χ3n) is 1.82. The number of rotatable bonds is 4. The highest BCUT2D eigenvalue weighted by molar-refractivity contribution is 8.04. The van der Waals surface area contributed by atoms with Crippen LogP contribution in [0.2, 0.25) is 0 Å². The highest BCUT2D eigenvalue weighted by atomic mass is 32.2. The van der Waals surface area contributed by atoms with E-state index in [2.05, 4.69) is 42.5 Å². The average molecular weight is 205 g/mol. The maximum atomic E-state index is 3.73. The third-order valence-corrected chi connectivity index (χ3v) is 2.80.